The van der Waals surface area contributed by atoms with E-state index >= 15 is 0 Å². The zero-order valence-electron chi connectivity index (χ0n) is 11.3. The molecular weight excluding hydrogens is 232 g/mol. The monoisotopic (exact) mass is 258 g/mol. The van der Waals surface area contributed by atoms with Crippen molar-refractivity contribution < 1.29 is 14.3 Å². The maximum Gasteiger partial charge on any atom is 0.246 e. The predicted octanol–water partition coefficient (Wildman–Crippen LogP) is 0.816. The summed E-state index contributed by atoms with van der Waals surface area (Å²) in [6, 6.07) is 0.347. The van der Waals surface area contributed by atoms with Crippen LogP contribution in [0.2, 0.25) is 0 Å². The van der Waals surface area contributed by atoms with Crippen molar-refractivity contribution in [2.45, 2.75) is 51.2 Å². The van der Waals surface area contributed by atoms with Crippen LogP contribution in [-0.4, -0.2) is 44.4 Å². The number of ether oxygens (including phenoxy) is 2. The predicted molar refractivity (Wildman–Crippen MR) is 70.3 cm³/mol. The van der Waals surface area contributed by atoms with Gasteiger partial charge in [0, 0.05) is 19.2 Å². The van der Waals surface area contributed by atoms with Crippen molar-refractivity contribution in [1.82, 2.24) is 5.32 Å². The van der Waals surface area contributed by atoms with Gasteiger partial charge in [-0.25, -0.2) is 0 Å². The van der Waals surface area contributed by atoms with E-state index in [4.69, 9.17) is 15.2 Å². The lowest BCUT2D eigenvalue weighted by Crippen LogP contribution is -2.34. The molecule has 0 unspecified atom stereocenters. The van der Waals surface area contributed by atoms with E-state index in [1.165, 1.54) is 0 Å². The van der Waals surface area contributed by atoms with Crippen molar-refractivity contribution in [2.75, 3.05) is 26.4 Å². The first-order valence-electron chi connectivity index (χ1n) is 6.94. The highest BCUT2D eigenvalue weighted by Crippen LogP contribution is 2.19. The molecule has 1 fully saturated rings. The van der Waals surface area contributed by atoms with Gasteiger partial charge in [-0.2, -0.15) is 0 Å². The highest BCUT2D eigenvalue weighted by molar-refractivity contribution is 5.77. The van der Waals surface area contributed by atoms with Crippen molar-refractivity contribution in [3.05, 3.63) is 0 Å². The van der Waals surface area contributed by atoms with Crippen LogP contribution in [0.5, 0.6) is 0 Å². The normalized spacial score (nSPS) is 23.9. The van der Waals surface area contributed by atoms with E-state index in [2.05, 4.69) is 5.32 Å². The SMILES string of the molecule is CCCOCC(=O)NCCOC1CCC(N)CC1. The first kappa shape index (κ1) is 15.4. The third-order valence-electron chi connectivity index (χ3n) is 3.08. The standard InChI is InChI=1S/C13H26N2O3/c1-2-8-17-10-13(16)15-7-9-18-12-5-3-11(14)4-6-12/h11-12H,2-10,14H2,1H3,(H,15,16). The van der Waals surface area contributed by atoms with Gasteiger partial charge in [0.1, 0.15) is 6.61 Å². The van der Waals surface area contributed by atoms with E-state index < -0.39 is 0 Å². The van der Waals surface area contributed by atoms with E-state index in [-0.39, 0.29) is 12.5 Å². The van der Waals surface area contributed by atoms with E-state index in [0.29, 0.717) is 31.9 Å². The third kappa shape index (κ3) is 6.93. The highest BCUT2D eigenvalue weighted by Gasteiger charge is 2.18. The Morgan fingerprint density at radius 2 is 2.00 bits per heavy atom. The molecule has 0 radical (unpaired) electrons. The minimum atomic E-state index is -0.0716. The number of rotatable bonds is 8. The molecule has 0 spiro atoms. The molecular formula is C13H26N2O3. The van der Waals surface area contributed by atoms with E-state index in [1.807, 2.05) is 6.92 Å². The molecule has 0 atom stereocenters. The molecule has 1 rings (SSSR count). The van der Waals surface area contributed by atoms with Gasteiger partial charge in [0.15, 0.2) is 0 Å². The van der Waals surface area contributed by atoms with Crippen molar-refractivity contribution in [3.63, 3.8) is 0 Å². The fourth-order valence-corrected chi connectivity index (χ4v) is 2.03. The van der Waals surface area contributed by atoms with Crippen LogP contribution in [0.1, 0.15) is 39.0 Å². The number of hydrogen-bond donors (Lipinski definition) is 2. The van der Waals surface area contributed by atoms with Gasteiger partial charge in [0.05, 0.1) is 12.7 Å². The van der Waals surface area contributed by atoms with Crippen LogP contribution < -0.4 is 11.1 Å². The van der Waals surface area contributed by atoms with Crippen molar-refractivity contribution in [3.8, 4) is 0 Å². The van der Waals surface area contributed by atoms with E-state index in [0.717, 1.165) is 32.1 Å². The molecule has 0 heterocycles. The Morgan fingerprint density at radius 1 is 1.28 bits per heavy atom. The molecule has 1 aliphatic rings. The molecule has 0 aromatic rings. The number of carbonyl (C=O) groups is 1. The molecule has 106 valence electrons. The lowest BCUT2D eigenvalue weighted by Gasteiger charge is -2.26. The van der Waals surface area contributed by atoms with Crippen LogP contribution in [0.15, 0.2) is 0 Å². The Balaban J connectivity index is 1.93. The minimum absolute atomic E-state index is 0.0716. The Hall–Kier alpha value is -0.650. The van der Waals surface area contributed by atoms with Crippen LogP contribution in [0.4, 0.5) is 0 Å². The minimum Gasteiger partial charge on any atom is -0.376 e. The summed E-state index contributed by atoms with van der Waals surface area (Å²) in [7, 11) is 0. The summed E-state index contributed by atoms with van der Waals surface area (Å²) >= 11 is 0. The average molecular weight is 258 g/mol. The van der Waals surface area contributed by atoms with E-state index in [1.54, 1.807) is 0 Å². The summed E-state index contributed by atoms with van der Waals surface area (Å²) in [5, 5.41) is 2.78. The Kier molecular flexibility index (Phi) is 7.96. The summed E-state index contributed by atoms with van der Waals surface area (Å²) in [4.78, 5) is 11.3. The first-order chi connectivity index (χ1) is 8.72. The molecule has 0 aromatic carbocycles. The summed E-state index contributed by atoms with van der Waals surface area (Å²) in [6.45, 7) is 3.91. The summed E-state index contributed by atoms with van der Waals surface area (Å²) in [5.74, 6) is -0.0716. The van der Waals surface area contributed by atoms with Gasteiger partial charge in [-0.1, -0.05) is 6.92 Å². The second-order valence-electron chi connectivity index (χ2n) is 4.81. The second-order valence-corrected chi connectivity index (χ2v) is 4.81. The van der Waals surface area contributed by atoms with Gasteiger partial charge in [-0.05, 0) is 32.1 Å². The fraction of sp³-hybridized carbons (Fsp3) is 0.923. The van der Waals surface area contributed by atoms with Crippen LogP contribution in [0, 0.1) is 0 Å². The Morgan fingerprint density at radius 3 is 2.67 bits per heavy atom. The first-order valence-corrected chi connectivity index (χ1v) is 6.94. The van der Waals surface area contributed by atoms with Crippen molar-refractivity contribution in [1.29, 1.82) is 0 Å². The lowest BCUT2D eigenvalue weighted by molar-refractivity contribution is -0.126. The Bertz CT molecular complexity index is 228. The van der Waals surface area contributed by atoms with Gasteiger partial charge < -0.3 is 20.5 Å². The lowest BCUT2D eigenvalue weighted by atomic mass is 9.94. The van der Waals surface area contributed by atoms with E-state index in [9.17, 15) is 4.79 Å². The zero-order chi connectivity index (χ0) is 13.2. The summed E-state index contributed by atoms with van der Waals surface area (Å²) in [5.41, 5.74) is 5.82. The maximum absolute atomic E-state index is 11.3. The molecule has 0 saturated heterocycles. The van der Waals surface area contributed by atoms with Crippen LogP contribution in [-0.2, 0) is 14.3 Å². The number of carbonyl (C=O) groups excluding carboxylic acids is 1. The quantitative estimate of drug-likeness (QED) is 0.632. The molecule has 5 nitrogen and oxygen atoms in total. The molecule has 1 aliphatic carbocycles. The maximum atomic E-state index is 11.3. The molecule has 18 heavy (non-hydrogen) atoms. The summed E-state index contributed by atoms with van der Waals surface area (Å²) in [6.07, 6.45) is 5.41. The van der Waals surface area contributed by atoms with Crippen LogP contribution in [0.3, 0.4) is 0 Å². The topological polar surface area (TPSA) is 73.6 Å². The molecule has 1 amide bonds. The second kappa shape index (κ2) is 9.30. The van der Waals surface area contributed by atoms with Crippen LogP contribution in [0.25, 0.3) is 0 Å². The highest BCUT2D eigenvalue weighted by atomic mass is 16.5. The smallest absolute Gasteiger partial charge is 0.246 e. The molecule has 0 aliphatic heterocycles. The molecule has 5 heteroatoms. The molecule has 0 aromatic heterocycles. The molecule has 0 bridgehead atoms. The average Bonchev–Trinajstić information content (AvgIpc) is 2.37. The molecule has 1 saturated carbocycles. The van der Waals surface area contributed by atoms with Crippen molar-refractivity contribution >= 4 is 5.91 Å². The number of hydrogen-bond acceptors (Lipinski definition) is 4. The largest absolute Gasteiger partial charge is 0.376 e. The number of nitrogens with one attached hydrogen (secondary N) is 1. The van der Waals surface area contributed by atoms with Crippen LogP contribution >= 0.6 is 0 Å². The Labute approximate surface area is 109 Å². The van der Waals surface area contributed by atoms with Gasteiger partial charge in [-0.3, -0.25) is 4.79 Å². The fourth-order valence-electron chi connectivity index (χ4n) is 2.03. The van der Waals surface area contributed by atoms with Gasteiger partial charge >= 0.3 is 0 Å². The molecule has 3 N–H and O–H groups in total. The zero-order valence-corrected chi connectivity index (χ0v) is 11.3. The van der Waals surface area contributed by atoms with Gasteiger partial charge in [-0.15, -0.1) is 0 Å². The third-order valence-corrected chi connectivity index (χ3v) is 3.08. The number of amides is 1. The summed E-state index contributed by atoms with van der Waals surface area (Å²) < 4.78 is 10.8. The number of nitrogens with two attached hydrogens (primary N) is 1. The van der Waals surface area contributed by atoms with Gasteiger partial charge in [0.25, 0.3) is 0 Å². The van der Waals surface area contributed by atoms with Gasteiger partial charge in [0.2, 0.25) is 5.91 Å². The van der Waals surface area contributed by atoms with Crippen molar-refractivity contribution in [2.24, 2.45) is 5.73 Å².